The lowest BCUT2D eigenvalue weighted by Gasteiger charge is -2.26. The third kappa shape index (κ3) is 2.93. The summed E-state index contributed by atoms with van der Waals surface area (Å²) < 4.78 is 18.7. The van der Waals surface area contributed by atoms with Crippen LogP contribution in [0.3, 0.4) is 0 Å². The molecule has 2 fully saturated rings. The Morgan fingerprint density at radius 3 is 2.38 bits per heavy atom. The van der Waals surface area contributed by atoms with Gasteiger partial charge in [-0.3, -0.25) is 9.59 Å². The highest BCUT2D eigenvalue weighted by Crippen LogP contribution is 2.45. The zero-order valence-corrected chi connectivity index (χ0v) is 16.2. The molecule has 2 saturated heterocycles. The van der Waals surface area contributed by atoms with Crippen LogP contribution in [-0.4, -0.2) is 29.9 Å². The Balaban J connectivity index is 1.81. The summed E-state index contributed by atoms with van der Waals surface area (Å²) >= 11 is 0. The molecule has 0 bridgehead atoms. The highest BCUT2D eigenvalue weighted by atomic mass is 19.1. The van der Waals surface area contributed by atoms with Gasteiger partial charge in [-0.05, 0) is 31.2 Å². The zero-order valence-electron chi connectivity index (χ0n) is 16.2. The molecule has 4 atom stereocenters. The van der Waals surface area contributed by atoms with E-state index in [9.17, 15) is 18.8 Å². The number of nitrogens with two attached hydrogens (primary N) is 1. The van der Waals surface area contributed by atoms with Gasteiger partial charge in [0, 0.05) is 12.5 Å². The molecule has 0 aliphatic carbocycles. The van der Waals surface area contributed by atoms with E-state index in [0.29, 0.717) is 11.3 Å². The van der Waals surface area contributed by atoms with Crippen LogP contribution in [0.1, 0.15) is 25.5 Å². The standard InChI is InChI=1S/C22H21FN2O4/c1-3-29-21(28)22(2)17-16(18(24-22)13-9-11-14(23)12-10-13)19(26)25(20(17)27)15-7-5-4-6-8-15/h4-12,16-18,24H,3H2,1-2H3/p+1/t16-,17+,18-,22+/m0/s1. The molecule has 29 heavy (non-hydrogen) atoms. The molecule has 2 N–H and O–H groups in total. The molecule has 4 rings (SSSR count). The van der Waals surface area contributed by atoms with Crippen LogP contribution >= 0.6 is 0 Å². The monoisotopic (exact) mass is 397 g/mol. The molecule has 7 heteroatoms. The molecule has 2 amide bonds. The number of hydrogen-bond donors (Lipinski definition) is 1. The number of para-hydroxylation sites is 1. The van der Waals surface area contributed by atoms with Crippen molar-refractivity contribution in [1.82, 2.24) is 0 Å². The van der Waals surface area contributed by atoms with Crippen molar-refractivity contribution in [1.29, 1.82) is 0 Å². The molecule has 2 heterocycles. The van der Waals surface area contributed by atoms with E-state index < -0.39 is 41.1 Å². The third-order valence-electron chi connectivity index (χ3n) is 5.89. The van der Waals surface area contributed by atoms with Gasteiger partial charge in [0.05, 0.1) is 12.3 Å². The Kier molecular flexibility index (Phi) is 4.70. The summed E-state index contributed by atoms with van der Waals surface area (Å²) in [6.45, 7) is 3.51. The predicted octanol–water partition coefficient (Wildman–Crippen LogP) is 1.57. The quantitative estimate of drug-likeness (QED) is 0.627. The van der Waals surface area contributed by atoms with Crippen molar-refractivity contribution in [2.75, 3.05) is 11.5 Å². The maximum Gasteiger partial charge on any atom is 0.368 e. The van der Waals surface area contributed by atoms with E-state index in [1.807, 2.05) is 0 Å². The van der Waals surface area contributed by atoms with Crippen molar-refractivity contribution in [2.45, 2.75) is 25.4 Å². The van der Waals surface area contributed by atoms with E-state index in [1.165, 1.54) is 12.1 Å². The summed E-state index contributed by atoms with van der Waals surface area (Å²) in [5.41, 5.74) is -0.0952. The fourth-order valence-electron chi connectivity index (χ4n) is 4.57. The van der Waals surface area contributed by atoms with Crippen molar-refractivity contribution in [3.63, 3.8) is 0 Å². The zero-order chi connectivity index (χ0) is 20.8. The molecule has 0 saturated carbocycles. The molecule has 6 nitrogen and oxygen atoms in total. The Morgan fingerprint density at radius 2 is 1.76 bits per heavy atom. The Hall–Kier alpha value is -3.06. The van der Waals surface area contributed by atoms with E-state index in [4.69, 9.17) is 4.74 Å². The summed E-state index contributed by atoms with van der Waals surface area (Å²) in [6, 6.07) is 14.0. The lowest BCUT2D eigenvalue weighted by molar-refractivity contribution is -0.731. The number of esters is 1. The average Bonchev–Trinajstić information content (AvgIpc) is 3.17. The highest BCUT2D eigenvalue weighted by molar-refractivity contribution is 6.23. The Bertz CT molecular complexity index is 963. The smallest absolute Gasteiger partial charge is 0.368 e. The van der Waals surface area contributed by atoms with Crippen LogP contribution in [0.25, 0.3) is 0 Å². The molecular formula is C22H22FN2O4+. The van der Waals surface area contributed by atoms with E-state index in [1.54, 1.807) is 61.6 Å². The first-order valence-electron chi connectivity index (χ1n) is 9.60. The first-order chi connectivity index (χ1) is 13.9. The van der Waals surface area contributed by atoms with Crippen molar-refractivity contribution in [2.24, 2.45) is 11.8 Å². The minimum absolute atomic E-state index is 0.172. The van der Waals surface area contributed by atoms with Gasteiger partial charge in [0.25, 0.3) is 0 Å². The average molecular weight is 397 g/mol. The van der Waals surface area contributed by atoms with Gasteiger partial charge in [-0.15, -0.1) is 0 Å². The van der Waals surface area contributed by atoms with Crippen molar-refractivity contribution >= 4 is 23.5 Å². The summed E-state index contributed by atoms with van der Waals surface area (Å²) in [5, 5.41) is 1.73. The minimum atomic E-state index is -1.25. The maximum absolute atomic E-state index is 13.4. The molecular weight excluding hydrogens is 375 g/mol. The number of imide groups is 1. The van der Waals surface area contributed by atoms with Gasteiger partial charge in [0.2, 0.25) is 17.4 Å². The number of nitrogens with zero attached hydrogens (tertiary/aromatic N) is 1. The first-order valence-corrected chi connectivity index (χ1v) is 9.60. The second-order valence-corrected chi connectivity index (χ2v) is 7.60. The van der Waals surface area contributed by atoms with Crippen molar-refractivity contribution < 1.29 is 28.8 Å². The summed E-state index contributed by atoms with van der Waals surface area (Å²) in [5.74, 6) is -3.31. The molecule has 2 aliphatic rings. The molecule has 2 aromatic rings. The van der Waals surface area contributed by atoms with Gasteiger partial charge in [-0.2, -0.15) is 0 Å². The number of benzene rings is 2. The molecule has 150 valence electrons. The van der Waals surface area contributed by atoms with Crippen molar-refractivity contribution in [3.8, 4) is 0 Å². The lowest BCUT2D eigenvalue weighted by Crippen LogP contribution is -2.97. The normalized spacial score (nSPS) is 28.5. The number of amides is 2. The summed E-state index contributed by atoms with van der Waals surface area (Å²) in [6.07, 6.45) is 0. The third-order valence-corrected chi connectivity index (χ3v) is 5.89. The molecule has 0 aromatic heterocycles. The van der Waals surface area contributed by atoms with Crippen LogP contribution in [0.4, 0.5) is 10.1 Å². The summed E-state index contributed by atoms with van der Waals surface area (Å²) in [4.78, 5) is 40.7. The van der Waals surface area contributed by atoms with Crippen LogP contribution in [-0.2, 0) is 19.1 Å². The fraction of sp³-hybridized carbons (Fsp3) is 0.318. The molecule has 0 radical (unpaired) electrons. The molecule has 0 unspecified atom stereocenters. The van der Waals surface area contributed by atoms with Crippen molar-refractivity contribution in [3.05, 3.63) is 66.0 Å². The number of rotatable bonds is 4. The number of anilines is 1. The second-order valence-electron chi connectivity index (χ2n) is 7.60. The molecule has 2 aromatic carbocycles. The largest absolute Gasteiger partial charge is 0.461 e. The number of carbonyl (C=O) groups excluding carboxylic acids is 3. The van der Waals surface area contributed by atoms with Gasteiger partial charge in [0.1, 0.15) is 23.7 Å². The predicted molar refractivity (Wildman–Crippen MR) is 102 cm³/mol. The van der Waals surface area contributed by atoms with E-state index in [0.717, 1.165) is 4.90 Å². The van der Waals surface area contributed by atoms with Crippen LogP contribution in [0.5, 0.6) is 0 Å². The van der Waals surface area contributed by atoms with Crippen LogP contribution < -0.4 is 10.2 Å². The number of fused-ring (bicyclic) bond motifs is 1. The van der Waals surface area contributed by atoms with E-state index in [-0.39, 0.29) is 12.5 Å². The van der Waals surface area contributed by atoms with Crippen LogP contribution in [0.2, 0.25) is 0 Å². The van der Waals surface area contributed by atoms with Gasteiger partial charge in [-0.25, -0.2) is 14.1 Å². The number of ether oxygens (including phenoxy) is 1. The second kappa shape index (κ2) is 7.08. The Labute approximate surface area is 167 Å². The Morgan fingerprint density at radius 1 is 1.10 bits per heavy atom. The van der Waals surface area contributed by atoms with Gasteiger partial charge in [-0.1, -0.05) is 30.3 Å². The van der Waals surface area contributed by atoms with Gasteiger partial charge < -0.3 is 10.1 Å². The number of halogens is 1. The topological polar surface area (TPSA) is 80.3 Å². The van der Waals surface area contributed by atoms with E-state index >= 15 is 0 Å². The highest BCUT2D eigenvalue weighted by Gasteiger charge is 2.70. The number of hydrogen-bond acceptors (Lipinski definition) is 4. The number of quaternary nitrogens is 1. The number of carbonyl (C=O) groups is 3. The molecule has 2 aliphatic heterocycles. The maximum atomic E-state index is 13.4. The SMILES string of the molecule is CCOC(=O)[C@]1(C)[NH2+][C@@H](c2ccc(F)cc2)[C@H]2C(=O)N(c3ccccc3)C(=O)[C@@H]21. The first kappa shape index (κ1) is 19.3. The minimum Gasteiger partial charge on any atom is -0.461 e. The van der Waals surface area contributed by atoms with Gasteiger partial charge in [0.15, 0.2) is 0 Å². The van der Waals surface area contributed by atoms with Gasteiger partial charge >= 0.3 is 5.97 Å². The van der Waals surface area contributed by atoms with Crippen LogP contribution in [0, 0.1) is 17.7 Å². The molecule has 0 spiro atoms. The fourth-order valence-corrected chi connectivity index (χ4v) is 4.57. The van der Waals surface area contributed by atoms with Crippen LogP contribution in [0.15, 0.2) is 54.6 Å². The lowest BCUT2D eigenvalue weighted by atomic mass is 9.80. The van der Waals surface area contributed by atoms with E-state index in [2.05, 4.69) is 0 Å². The summed E-state index contributed by atoms with van der Waals surface area (Å²) in [7, 11) is 0.